The third kappa shape index (κ3) is 2.22. The number of hydrogen-bond donors (Lipinski definition) is 2. The van der Waals surface area contributed by atoms with Crippen molar-refractivity contribution >= 4 is 11.5 Å². The average Bonchev–Trinajstić information content (AvgIpc) is 2.78. The Bertz CT molecular complexity index is 621. The number of nitrogen functional groups attached to an aromatic ring is 1. The Balaban J connectivity index is 2.57. The zero-order valence-electron chi connectivity index (χ0n) is 10.6. The van der Waals surface area contributed by atoms with Crippen molar-refractivity contribution in [1.29, 1.82) is 0 Å². The predicted molar refractivity (Wildman–Crippen MR) is 71.0 cm³/mol. The van der Waals surface area contributed by atoms with Crippen molar-refractivity contribution in [2.75, 3.05) is 12.8 Å². The Kier molecular flexibility index (Phi) is 3.37. The highest BCUT2D eigenvalue weighted by molar-refractivity contribution is 5.71. The highest BCUT2D eigenvalue weighted by Gasteiger charge is 2.18. The minimum Gasteiger partial charge on any atom is -0.490 e. The van der Waals surface area contributed by atoms with E-state index in [1.54, 1.807) is 12.1 Å². The van der Waals surface area contributed by atoms with Crippen LogP contribution in [0.5, 0.6) is 5.75 Å². The molecule has 7 heteroatoms. The first-order valence-corrected chi connectivity index (χ1v) is 5.74. The summed E-state index contributed by atoms with van der Waals surface area (Å²) in [6.07, 6.45) is 0.692. The van der Waals surface area contributed by atoms with Crippen LogP contribution in [0.1, 0.15) is 12.5 Å². The van der Waals surface area contributed by atoms with Crippen LogP contribution in [0.3, 0.4) is 0 Å². The maximum atomic E-state index is 11.0. The van der Waals surface area contributed by atoms with Crippen LogP contribution in [0.2, 0.25) is 0 Å². The van der Waals surface area contributed by atoms with Gasteiger partial charge in [0, 0.05) is 17.2 Å². The van der Waals surface area contributed by atoms with Crippen LogP contribution in [0.15, 0.2) is 18.2 Å². The Hall–Kier alpha value is -2.57. The summed E-state index contributed by atoms with van der Waals surface area (Å²) >= 11 is 0. The Morgan fingerprint density at radius 2 is 2.26 bits per heavy atom. The molecule has 19 heavy (non-hydrogen) atoms. The number of H-pyrrole nitrogens is 1. The topological polar surface area (TPSA) is 107 Å². The number of nitro groups is 1. The van der Waals surface area contributed by atoms with E-state index in [9.17, 15) is 10.1 Å². The number of nitro benzene ring substituents is 1. The van der Waals surface area contributed by atoms with Crippen molar-refractivity contribution in [1.82, 2.24) is 10.2 Å². The smallest absolute Gasteiger partial charge is 0.311 e. The molecule has 0 aliphatic carbocycles. The molecule has 0 aliphatic heterocycles. The van der Waals surface area contributed by atoms with Crippen molar-refractivity contribution in [2.45, 2.75) is 13.3 Å². The minimum absolute atomic E-state index is 0.0878. The number of benzene rings is 1. The second-order valence-electron chi connectivity index (χ2n) is 3.96. The summed E-state index contributed by atoms with van der Waals surface area (Å²) < 4.78 is 4.97. The summed E-state index contributed by atoms with van der Waals surface area (Å²) in [6, 6.07) is 4.74. The highest BCUT2D eigenvalue weighted by atomic mass is 16.6. The molecule has 2 aromatic rings. The highest BCUT2D eigenvalue weighted by Crippen LogP contribution is 2.33. The lowest BCUT2D eigenvalue weighted by Crippen LogP contribution is -1.95. The molecule has 0 fully saturated rings. The Labute approximate surface area is 109 Å². The summed E-state index contributed by atoms with van der Waals surface area (Å²) in [4.78, 5) is 10.5. The number of aromatic amines is 1. The Morgan fingerprint density at radius 3 is 2.84 bits per heavy atom. The average molecular weight is 262 g/mol. The van der Waals surface area contributed by atoms with Gasteiger partial charge in [-0.3, -0.25) is 15.2 Å². The molecule has 100 valence electrons. The molecule has 0 unspecified atom stereocenters. The third-order valence-corrected chi connectivity index (χ3v) is 2.92. The number of hydrogen-bond acceptors (Lipinski definition) is 5. The van der Waals surface area contributed by atoms with Gasteiger partial charge in [-0.15, -0.1) is 0 Å². The number of ether oxygens (including phenoxy) is 1. The molecule has 3 N–H and O–H groups in total. The molecule has 2 rings (SSSR count). The van der Waals surface area contributed by atoms with E-state index < -0.39 is 4.92 Å². The maximum absolute atomic E-state index is 11.0. The fraction of sp³-hybridized carbons (Fsp3) is 0.250. The fourth-order valence-corrected chi connectivity index (χ4v) is 1.96. The third-order valence-electron chi connectivity index (χ3n) is 2.92. The van der Waals surface area contributed by atoms with E-state index in [1.807, 2.05) is 6.92 Å². The van der Waals surface area contributed by atoms with Crippen molar-refractivity contribution < 1.29 is 9.66 Å². The van der Waals surface area contributed by atoms with Crippen molar-refractivity contribution in [3.63, 3.8) is 0 Å². The van der Waals surface area contributed by atoms with Gasteiger partial charge in [-0.05, 0) is 18.6 Å². The van der Waals surface area contributed by atoms with Crippen LogP contribution in [0.4, 0.5) is 11.5 Å². The summed E-state index contributed by atoms with van der Waals surface area (Å²) in [5.74, 6) is 0.634. The molecule has 0 bridgehead atoms. The summed E-state index contributed by atoms with van der Waals surface area (Å²) in [5, 5.41) is 17.7. The standard InChI is InChI=1S/C12H14N4O3/c1-3-8-11(14-15-12(8)13)7-4-5-10(19-2)9(6-7)16(17)18/h4-6H,3H2,1-2H3,(H3,13,14,15). The first-order valence-electron chi connectivity index (χ1n) is 5.74. The minimum atomic E-state index is -0.478. The number of methoxy groups -OCH3 is 1. The van der Waals surface area contributed by atoms with Gasteiger partial charge in [0.1, 0.15) is 5.82 Å². The molecule has 7 nitrogen and oxygen atoms in total. The summed E-state index contributed by atoms with van der Waals surface area (Å²) in [6.45, 7) is 1.95. The van der Waals surface area contributed by atoms with Crippen LogP contribution in [0, 0.1) is 10.1 Å². The van der Waals surface area contributed by atoms with Gasteiger partial charge in [-0.1, -0.05) is 6.92 Å². The largest absolute Gasteiger partial charge is 0.490 e. The molecule has 0 saturated carbocycles. The second kappa shape index (κ2) is 4.97. The number of aromatic nitrogens is 2. The first kappa shape index (κ1) is 12.9. The van der Waals surface area contributed by atoms with Crippen molar-refractivity contribution in [2.24, 2.45) is 0 Å². The fourth-order valence-electron chi connectivity index (χ4n) is 1.96. The monoisotopic (exact) mass is 262 g/mol. The van der Waals surface area contributed by atoms with Crippen LogP contribution < -0.4 is 10.5 Å². The SMILES string of the molecule is CCc1c(N)n[nH]c1-c1ccc(OC)c([N+](=O)[O-])c1. The lowest BCUT2D eigenvalue weighted by Gasteiger charge is -2.05. The van der Waals surface area contributed by atoms with Gasteiger partial charge >= 0.3 is 5.69 Å². The molecule has 0 saturated heterocycles. The van der Waals surface area contributed by atoms with E-state index in [0.717, 1.165) is 5.56 Å². The lowest BCUT2D eigenvalue weighted by molar-refractivity contribution is -0.385. The molecule has 0 atom stereocenters. The molecule has 0 aliphatic rings. The first-order chi connectivity index (χ1) is 9.08. The van der Waals surface area contributed by atoms with Gasteiger partial charge in [0.25, 0.3) is 0 Å². The van der Waals surface area contributed by atoms with Crippen LogP contribution >= 0.6 is 0 Å². The molecular weight excluding hydrogens is 248 g/mol. The van der Waals surface area contributed by atoms with E-state index in [-0.39, 0.29) is 11.4 Å². The molecule has 1 heterocycles. The van der Waals surface area contributed by atoms with Gasteiger partial charge in [-0.2, -0.15) is 5.10 Å². The van der Waals surface area contributed by atoms with E-state index in [0.29, 0.717) is 23.5 Å². The number of nitrogens with zero attached hydrogens (tertiary/aromatic N) is 2. The molecular formula is C12H14N4O3. The lowest BCUT2D eigenvalue weighted by atomic mass is 10.0. The van der Waals surface area contributed by atoms with E-state index in [4.69, 9.17) is 10.5 Å². The number of nitrogens with two attached hydrogens (primary N) is 1. The Morgan fingerprint density at radius 1 is 1.53 bits per heavy atom. The maximum Gasteiger partial charge on any atom is 0.311 e. The molecule has 0 amide bonds. The molecule has 0 radical (unpaired) electrons. The van der Waals surface area contributed by atoms with Gasteiger partial charge < -0.3 is 10.5 Å². The van der Waals surface area contributed by atoms with E-state index >= 15 is 0 Å². The normalized spacial score (nSPS) is 10.4. The molecule has 1 aromatic heterocycles. The number of nitrogens with one attached hydrogen (secondary N) is 1. The zero-order chi connectivity index (χ0) is 14.0. The summed E-state index contributed by atoms with van der Waals surface area (Å²) in [5.41, 5.74) is 7.86. The zero-order valence-corrected chi connectivity index (χ0v) is 10.6. The van der Waals surface area contributed by atoms with Gasteiger partial charge in [0.2, 0.25) is 0 Å². The van der Waals surface area contributed by atoms with Crippen LogP contribution in [-0.4, -0.2) is 22.2 Å². The van der Waals surface area contributed by atoms with Crippen LogP contribution in [0.25, 0.3) is 11.3 Å². The van der Waals surface area contributed by atoms with Crippen LogP contribution in [-0.2, 0) is 6.42 Å². The van der Waals surface area contributed by atoms with Gasteiger partial charge in [0.15, 0.2) is 5.75 Å². The second-order valence-corrected chi connectivity index (χ2v) is 3.96. The predicted octanol–water partition coefficient (Wildman–Crippen LogP) is 2.14. The quantitative estimate of drug-likeness (QED) is 0.648. The van der Waals surface area contributed by atoms with Crippen molar-refractivity contribution in [3.8, 4) is 17.0 Å². The molecule has 1 aromatic carbocycles. The number of rotatable bonds is 4. The number of anilines is 1. The van der Waals surface area contributed by atoms with Gasteiger partial charge in [0.05, 0.1) is 17.7 Å². The summed E-state index contributed by atoms with van der Waals surface area (Å²) in [7, 11) is 1.40. The molecule has 0 spiro atoms. The van der Waals surface area contributed by atoms with E-state index in [2.05, 4.69) is 10.2 Å². The van der Waals surface area contributed by atoms with Gasteiger partial charge in [-0.25, -0.2) is 0 Å². The van der Waals surface area contributed by atoms with Crippen molar-refractivity contribution in [3.05, 3.63) is 33.9 Å². The van der Waals surface area contributed by atoms with E-state index in [1.165, 1.54) is 13.2 Å².